The van der Waals surface area contributed by atoms with Crippen molar-refractivity contribution in [3.8, 4) is 6.07 Å². The van der Waals surface area contributed by atoms with Crippen LogP contribution in [-0.2, 0) is 6.42 Å². The third-order valence-electron chi connectivity index (χ3n) is 3.77. The van der Waals surface area contributed by atoms with E-state index in [1.54, 1.807) is 0 Å². The fourth-order valence-electron chi connectivity index (χ4n) is 2.51. The summed E-state index contributed by atoms with van der Waals surface area (Å²) in [5, 5.41) is 9.33. The summed E-state index contributed by atoms with van der Waals surface area (Å²) < 4.78 is 0. The van der Waals surface area contributed by atoms with E-state index in [2.05, 4.69) is 43.0 Å². The minimum Gasteiger partial charge on any atom is -0.192 e. The number of aryl methyl sites for hydroxylation is 1. The molecule has 1 aliphatic rings. The maximum Gasteiger partial charge on any atom is 0.0991 e. The van der Waals surface area contributed by atoms with Gasteiger partial charge in [0.1, 0.15) is 0 Å². The van der Waals surface area contributed by atoms with Crippen LogP contribution in [0.15, 0.2) is 66.3 Å². The van der Waals surface area contributed by atoms with Crippen LogP contribution in [0.25, 0.3) is 0 Å². The van der Waals surface area contributed by atoms with Gasteiger partial charge in [0.05, 0.1) is 11.6 Å². The maximum atomic E-state index is 9.33. The van der Waals surface area contributed by atoms with Gasteiger partial charge in [-0.1, -0.05) is 55.1 Å². The van der Waals surface area contributed by atoms with Gasteiger partial charge in [-0.15, -0.1) is 0 Å². The first-order chi connectivity index (χ1) is 9.79. The summed E-state index contributed by atoms with van der Waals surface area (Å²) in [5.74, 6) is 0.503. The predicted molar refractivity (Wildman–Crippen MR) is 84.1 cm³/mol. The molecule has 0 amide bonds. The third-order valence-corrected chi connectivity index (χ3v) is 3.77. The molecule has 0 fully saturated rings. The molecule has 0 radical (unpaired) electrons. The van der Waals surface area contributed by atoms with Crippen LogP contribution in [0.2, 0.25) is 0 Å². The van der Waals surface area contributed by atoms with Crippen LogP contribution in [0.1, 0.15) is 31.2 Å². The van der Waals surface area contributed by atoms with Crippen molar-refractivity contribution < 1.29 is 0 Å². The first-order valence-electron chi connectivity index (χ1n) is 7.28. The fourth-order valence-corrected chi connectivity index (χ4v) is 2.51. The Morgan fingerprint density at radius 3 is 2.75 bits per heavy atom. The van der Waals surface area contributed by atoms with Gasteiger partial charge >= 0.3 is 0 Å². The number of hydrogen-bond acceptors (Lipinski definition) is 1. The minimum absolute atomic E-state index is 0.503. The van der Waals surface area contributed by atoms with E-state index in [4.69, 9.17) is 0 Å². The molecule has 2 rings (SSSR count). The fraction of sp³-hybridized carbons (Fsp3) is 0.316. The molecule has 0 N–H and O–H groups in total. The molecular formula is C19H21N. The van der Waals surface area contributed by atoms with Gasteiger partial charge in [-0.2, -0.15) is 5.26 Å². The number of hydrogen-bond donors (Lipinski definition) is 0. The molecule has 1 unspecified atom stereocenters. The summed E-state index contributed by atoms with van der Waals surface area (Å²) in [6.45, 7) is 4.10. The zero-order valence-corrected chi connectivity index (χ0v) is 11.9. The third kappa shape index (κ3) is 4.24. The van der Waals surface area contributed by atoms with E-state index >= 15 is 0 Å². The Morgan fingerprint density at radius 2 is 2.10 bits per heavy atom. The van der Waals surface area contributed by atoms with Crippen molar-refractivity contribution in [1.82, 2.24) is 0 Å². The van der Waals surface area contributed by atoms with Crippen molar-refractivity contribution in [2.24, 2.45) is 5.92 Å². The summed E-state index contributed by atoms with van der Waals surface area (Å²) in [5.41, 5.74) is 3.04. The van der Waals surface area contributed by atoms with Crippen molar-refractivity contribution in [3.05, 3.63) is 71.8 Å². The lowest BCUT2D eigenvalue weighted by molar-refractivity contribution is 0.581. The Morgan fingerprint density at radius 1 is 1.30 bits per heavy atom. The van der Waals surface area contributed by atoms with Crippen molar-refractivity contribution in [2.75, 3.05) is 0 Å². The lowest BCUT2D eigenvalue weighted by Gasteiger charge is -2.14. The highest BCUT2D eigenvalue weighted by molar-refractivity contribution is 5.41. The molecule has 20 heavy (non-hydrogen) atoms. The second kappa shape index (κ2) is 7.50. The molecule has 0 aromatic heterocycles. The lowest BCUT2D eigenvalue weighted by atomic mass is 9.90. The molecule has 1 aromatic rings. The number of allylic oxidation sites excluding steroid dienone is 5. The average molecular weight is 263 g/mol. The number of nitriles is 1. The molecule has 0 saturated heterocycles. The molecule has 1 heteroatoms. The zero-order valence-electron chi connectivity index (χ0n) is 11.9. The highest BCUT2D eigenvalue weighted by Gasteiger charge is 2.10. The molecule has 0 aliphatic heterocycles. The molecule has 1 atom stereocenters. The number of rotatable bonds is 5. The second-order valence-electron chi connectivity index (χ2n) is 5.33. The van der Waals surface area contributed by atoms with E-state index in [-0.39, 0.29) is 0 Å². The van der Waals surface area contributed by atoms with Crippen LogP contribution in [-0.4, -0.2) is 0 Å². The smallest absolute Gasteiger partial charge is 0.0991 e. The quantitative estimate of drug-likeness (QED) is 0.417. The van der Waals surface area contributed by atoms with Crippen molar-refractivity contribution in [3.63, 3.8) is 0 Å². The van der Waals surface area contributed by atoms with Crippen LogP contribution in [0.3, 0.4) is 0 Å². The predicted octanol–water partition coefficient (Wildman–Crippen LogP) is 4.98. The first-order valence-corrected chi connectivity index (χ1v) is 7.28. The summed E-state index contributed by atoms with van der Waals surface area (Å²) in [7, 11) is 0. The van der Waals surface area contributed by atoms with Gasteiger partial charge in [0.25, 0.3) is 0 Å². The van der Waals surface area contributed by atoms with E-state index in [1.165, 1.54) is 5.56 Å². The van der Waals surface area contributed by atoms with E-state index in [0.717, 1.165) is 43.3 Å². The maximum absolute atomic E-state index is 9.33. The molecule has 0 bridgehead atoms. The Kier molecular flexibility index (Phi) is 5.38. The second-order valence-corrected chi connectivity index (χ2v) is 5.33. The van der Waals surface area contributed by atoms with E-state index in [1.807, 2.05) is 18.2 Å². The number of nitrogens with zero attached hydrogens (tertiary/aromatic N) is 1. The summed E-state index contributed by atoms with van der Waals surface area (Å²) in [4.78, 5) is 0. The minimum atomic E-state index is 0.503. The molecule has 1 aromatic carbocycles. The van der Waals surface area contributed by atoms with Gasteiger partial charge in [0, 0.05) is 0 Å². The molecule has 0 saturated carbocycles. The monoisotopic (exact) mass is 263 g/mol. The van der Waals surface area contributed by atoms with Gasteiger partial charge in [0.2, 0.25) is 0 Å². The standard InChI is InChI=1S/C19H21N/c1-16(12-13-17-8-4-2-5-9-17)19(15-20)14-18-10-6-3-7-11-18/h2-6,8-9,14,18H,1,7,10-13H2/b19-14+. The molecule has 1 nitrogen and oxygen atoms in total. The van der Waals surface area contributed by atoms with Crippen molar-refractivity contribution in [2.45, 2.75) is 32.1 Å². The summed E-state index contributed by atoms with van der Waals surface area (Å²) in [6.07, 6.45) is 11.7. The molecular weight excluding hydrogens is 242 g/mol. The highest BCUT2D eigenvalue weighted by atomic mass is 14.3. The van der Waals surface area contributed by atoms with Crippen LogP contribution < -0.4 is 0 Å². The average Bonchev–Trinajstić information content (AvgIpc) is 2.52. The highest BCUT2D eigenvalue weighted by Crippen LogP contribution is 2.24. The Hall–Kier alpha value is -2.07. The molecule has 1 aliphatic carbocycles. The van der Waals surface area contributed by atoms with E-state index in [0.29, 0.717) is 5.92 Å². The van der Waals surface area contributed by atoms with Crippen molar-refractivity contribution in [1.29, 1.82) is 5.26 Å². The molecule has 0 heterocycles. The van der Waals surface area contributed by atoms with Gasteiger partial charge in [0.15, 0.2) is 0 Å². The Labute approximate surface area is 121 Å². The molecule has 102 valence electrons. The first kappa shape index (κ1) is 14.3. The van der Waals surface area contributed by atoms with Gasteiger partial charge in [-0.05, 0) is 49.2 Å². The Balaban J connectivity index is 1.94. The van der Waals surface area contributed by atoms with Gasteiger partial charge < -0.3 is 0 Å². The topological polar surface area (TPSA) is 23.8 Å². The zero-order chi connectivity index (χ0) is 14.2. The summed E-state index contributed by atoms with van der Waals surface area (Å²) >= 11 is 0. The SMILES string of the molecule is C=C(CCc1ccccc1)/C(C#N)=C/C1CC=CCC1. The van der Waals surface area contributed by atoms with Gasteiger partial charge in [-0.25, -0.2) is 0 Å². The largest absolute Gasteiger partial charge is 0.192 e. The molecule has 0 spiro atoms. The van der Waals surface area contributed by atoms with E-state index in [9.17, 15) is 5.26 Å². The lowest BCUT2D eigenvalue weighted by Crippen LogP contribution is -2.01. The van der Waals surface area contributed by atoms with Crippen LogP contribution in [0.4, 0.5) is 0 Å². The Bertz CT molecular complexity index is 543. The van der Waals surface area contributed by atoms with Crippen molar-refractivity contribution >= 4 is 0 Å². The summed E-state index contributed by atoms with van der Waals surface area (Å²) in [6, 6.07) is 12.7. The van der Waals surface area contributed by atoms with E-state index < -0.39 is 0 Å². The van der Waals surface area contributed by atoms with Crippen LogP contribution in [0, 0.1) is 17.2 Å². The van der Waals surface area contributed by atoms with Crippen LogP contribution in [0.5, 0.6) is 0 Å². The van der Waals surface area contributed by atoms with Crippen LogP contribution >= 0.6 is 0 Å². The number of benzene rings is 1. The van der Waals surface area contributed by atoms with Gasteiger partial charge in [-0.3, -0.25) is 0 Å². The normalized spacial score (nSPS) is 18.6.